The quantitative estimate of drug-likeness (QED) is 0.716. The summed E-state index contributed by atoms with van der Waals surface area (Å²) in [5.41, 5.74) is 3.44. The molecule has 14 heavy (non-hydrogen) atoms. The lowest BCUT2D eigenvalue weighted by Crippen LogP contribution is -2.20. The average Bonchev–Trinajstić information content (AvgIpc) is 2.18. The summed E-state index contributed by atoms with van der Waals surface area (Å²) >= 11 is 0. The molecule has 0 heterocycles. The Morgan fingerprint density at radius 3 is 2.93 bits per heavy atom. The van der Waals surface area contributed by atoms with Crippen LogP contribution in [0.25, 0.3) is 5.70 Å². The van der Waals surface area contributed by atoms with Gasteiger partial charge in [-0.15, -0.1) is 0 Å². The SMILES string of the molecule is CC(=O)NC1=CCCc2ccccc21. The molecule has 0 saturated carbocycles. The van der Waals surface area contributed by atoms with E-state index >= 15 is 0 Å². The Kier molecular flexibility index (Phi) is 2.35. The number of amides is 1. The molecule has 2 nitrogen and oxygen atoms in total. The molecule has 0 fully saturated rings. The molecule has 0 aromatic heterocycles. The number of fused-ring (bicyclic) bond motifs is 1. The fourth-order valence-corrected chi connectivity index (χ4v) is 1.79. The molecule has 2 rings (SSSR count). The van der Waals surface area contributed by atoms with E-state index in [1.54, 1.807) is 0 Å². The van der Waals surface area contributed by atoms with Crippen LogP contribution in [0.15, 0.2) is 30.3 Å². The molecule has 72 valence electrons. The first-order valence-electron chi connectivity index (χ1n) is 4.83. The predicted molar refractivity (Wildman–Crippen MR) is 56.6 cm³/mol. The minimum atomic E-state index is -0.00652. The topological polar surface area (TPSA) is 29.1 Å². The maximum absolute atomic E-state index is 11.0. The van der Waals surface area contributed by atoms with Crippen LogP contribution < -0.4 is 5.32 Å². The van der Waals surface area contributed by atoms with Crippen molar-refractivity contribution in [2.45, 2.75) is 19.8 Å². The van der Waals surface area contributed by atoms with E-state index in [1.807, 2.05) is 12.1 Å². The van der Waals surface area contributed by atoms with Crippen LogP contribution >= 0.6 is 0 Å². The van der Waals surface area contributed by atoms with Gasteiger partial charge in [-0.25, -0.2) is 0 Å². The molecule has 0 unspecified atom stereocenters. The van der Waals surface area contributed by atoms with E-state index in [-0.39, 0.29) is 5.91 Å². The number of hydrogen-bond donors (Lipinski definition) is 1. The van der Waals surface area contributed by atoms with Gasteiger partial charge in [-0.2, -0.15) is 0 Å². The number of hydrogen-bond acceptors (Lipinski definition) is 1. The molecule has 1 aliphatic rings. The Morgan fingerprint density at radius 1 is 1.36 bits per heavy atom. The highest BCUT2D eigenvalue weighted by molar-refractivity contribution is 5.86. The summed E-state index contributed by atoms with van der Waals surface area (Å²) in [5.74, 6) is -0.00652. The van der Waals surface area contributed by atoms with Gasteiger partial charge in [0, 0.05) is 18.2 Å². The second-order valence-corrected chi connectivity index (χ2v) is 3.49. The minimum absolute atomic E-state index is 0.00652. The molecule has 0 radical (unpaired) electrons. The van der Waals surface area contributed by atoms with Gasteiger partial charge < -0.3 is 5.32 Å². The monoisotopic (exact) mass is 187 g/mol. The molecule has 1 aliphatic carbocycles. The average molecular weight is 187 g/mol. The number of benzene rings is 1. The summed E-state index contributed by atoms with van der Waals surface area (Å²) in [6.07, 6.45) is 4.16. The molecule has 1 aromatic rings. The third-order valence-electron chi connectivity index (χ3n) is 2.38. The zero-order valence-electron chi connectivity index (χ0n) is 8.21. The third-order valence-corrected chi connectivity index (χ3v) is 2.38. The van der Waals surface area contributed by atoms with Gasteiger partial charge in [0.25, 0.3) is 0 Å². The number of carbonyl (C=O) groups is 1. The molecular weight excluding hydrogens is 174 g/mol. The number of nitrogens with one attached hydrogen (secondary N) is 1. The van der Waals surface area contributed by atoms with Crippen molar-refractivity contribution in [3.63, 3.8) is 0 Å². The summed E-state index contributed by atoms with van der Waals surface area (Å²) in [6, 6.07) is 8.20. The van der Waals surface area contributed by atoms with Gasteiger partial charge in [0.15, 0.2) is 0 Å². The number of aryl methyl sites for hydroxylation is 1. The van der Waals surface area contributed by atoms with Crippen LogP contribution in [-0.2, 0) is 11.2 Å². The second-order valence-electron chi connectivity index (χ2n) is 3.49. The Balaban J connectivity index is 2.35. The van der Waals surface area contributed by atoms with Crippen molar-refractivity contribution in [1.82, 2.24) is 5.32 Å². The summed E-state index contributed by atoms with van der Waals surface area (Å²) in [5, 5.41) is 2.86. The lowest BCUT2D eigenvalue weighted by Gasteiger charge is -2.17. The van der Waals surface area contributed by atoms with Gasteiger partial charge in [0.2, 0.25) is 5.91 Å². The number of carbonyl (C=O) groups excluding carboxylic acids is 1. The lowest BCUT2D eigenvalue weighted by molar-refractivity contribution is -0.117. The first kappa shape index (κ1) is 9.00. The molecule has 0 bridgehead atoms. The van der Waals surface area contributed by atoms with Crippen LogP contribution in [0, 0.1) is 0 Å². The fraction of sp³-hybridized carbons (Fsp3) is 0.250. The summed E-state index contributed by atoms with van der Waals surface area (Å²) in [4.78, 5) is 11.0. The second kappa shape index (κ2) is 3.66. The highest BCUT2D eigenvalue weighted by Crippen LogP contribution is 2.23. The summed E-state index contributed by atoms with van der Waals surface area (Å²) in [6.45, 7) is 1.54. The van der Waals surface area contributed by atoms with Crippen LogP contribution in [-0.4, -0.2) is 5.91 Å². The van der Waals surface area contributed by atoms with Gasteiger partial charge in [-0.1, -0.05) is 30.3 Å². The zero-order valence-corrected chi connectivity index (χ0v) is 8.21. The molecule has 1 aromatic carbocycles. The van der Waals surface area contributed by atoms with Crippen molar-refractivity contribution in [1.29, 1.82) is 0 Å². The van der Waals surface area contributed by atoms with E-state index in [0.29, 0.717) is 0 Å². The smallest absolute Gasteiger partial charge is 0.221 e. The van der Waals surface area contributed by atoms with Crippen molar-refractivity contribution >= 4 is 11.6 Å². The Hall–Kier alpha value is -1.57. The molecule has 1 amide bonds. The molecular formula is C12H13NO. The van der Waals surface area contributed by atoms with Crippen molar-refractivity contribution in [3.05, 3.63) is 41.5 Å². The first-order valence-corrected chi connectivity index (χ1v) is 4.83. The molecule has 0 atom stereocenters. The largest absolute Gasteiger partial charge is 0.326 e. The maximum Gasteiger partial charge on any atom is 0.221 e. The lowest BCUT2D eigenvalue weighted by atomic mass is 9.95. The van der Waals surface area contributed by atoms with E-state index in [9.17, 15) is 4.79 Å². The normalized spacial score (nSPS) is 14.2. The third kappa shape index (κ3) is 1.69. The van der Waals surface area contributed by atoms with Crippen LogP contribution in [0.1, 0.15) is 24.5 Å². The van der Waals surface area contributed by atoms with E-state index < -0.39 is 0 Å². The van der Waals surface area contributed by atoms with Gasteiger partial charge in [0.05, 0.1) is 0 Å². The van der Waals surface area contributed by atoms with Gasteiger partial charge in [-0.05, 0) is 18.4 Å². The van der Waals surface area contributed by atoms with Crippen molar-refractivity contribution < 1.29 is 4.79 Å². The molecule has 2 heteroatoms. The Labute approximate surface area is 83.6 Å². The Morgan fingerprint density at radius 2 is 2.14 bits per heavy atom. The highest BCUT2D eigenvalue weighted by Gasteiger charge is 2.11. The van der Waals surface area contributed by atoms with Crippen LogP contribution in [0.5, 0.6) is 0 Å². The molecule has 0 aliphatic heterocycles. The van der Waals surface area contributed by atoms with Crippen LogP contribution in [0.4, 0.5) is 0 Å². The minimum Gasteiger partial charge on any atom is -0.326 e. The van der Waals surface area contributed by atoms with E-state index in [2.05, 4.69) is 23.5 Å². The van der Waals surface area contributed by atoms with Gasteiger partial charge >= 0.3 is 0 Å². The van der Waals surface area contributed by atoms with E-state index in [4.69, 9.17) is 0 Å². The highest BCUT2D eigenvalue weighted by atomic mass is 16.1. The fourth-order valence-electron chi connectivity index (χ4n) is 1.79. The van der Waals surface area contributed by atoms with Gasteiger partial charge in [0.1, 0.15) is 0 Å². The zero-order chi connectivity index (χ0) is 9.97. The van der Waals surface area contributed by atoms with Crippen molar-refractivity contribution in [3.8, 4) is 0 Å². The van der Waals surface area contributed by atoms with E-state index in [0.717, 1.165) is 24.1 Å². The number of allylic oxidation sites excluding steroid dienone is 1. The standard InChI is InChI=1S/C12H13NO/c1-9(14)13-12-8-4-6-10-5-2-3-7-11(10)12/h2-3,5,7-8H,4,6H2,1H3,(H,13,14). The van der Waals surface area contributed by atoms with Crippen molar-refractivity contribution in [2.75, 3.05) is 0 Å². The van der Waals surface area contributed by atoms with Crippen LogP contribution in [0.2, 0.25) is 0 Å². The maximum atomic E-state index is 11.0. The molecule has 0 spiro atoms. The van der Waals surface area contributed by atoms with Crippen LogP contribution in [0.3, 0.4) is 0 Å². The van der Waals surface area contributed by atoms with Gasteiger partial charge in [-0.3, -0.25) is 4.79 Å². The van der Waals surface area contributed by atoms with Crippen molar-refractivity contribution in [2.24, 2.45) is 0 Å². The number of rotatable bonds is 1. The summed E-state index contributed by atoms with van der Waals surface area (Å²) < 4.78 is 0. The Bertz CT molecular complexity index is 393. The molecule has 0 saturated heterocycles. The first-order chi connectivity index (χ1) is 6.77. The van der Waals surface area contributed by atoms with E-state index in [1.165, 1.54) is 12.5 Å². The predicted octanol–water partition coefficient (Wildman–Crippen LogP) is 2.11. The summed E-state index contributed by atoms with van der Waals surface area (Å²) in [7, 11) is 0. The molecule has 1 N–H and O–H groups in total.